The van der Waals surface area contributed by atoms with E-state index in [4.69, 9.17) is 4.74 Å². The molecule has 0 atom stereocenters. The van der Waals surface area contributed by atoms with Crippen molar-refractivity contribution in [3.8, 4) is 0 Å². The average molecular weight is 209 g/mol. The molecule has 0 bridgehead atoms. The van der Waals surface area contributed by atoms with Crippen LogP contribution in [0, 0.1) is 0 Å². The fraction of sp³-hybridized carbons (Fsp3) is 0.571. The largest absolute Gasteiger partial charge is 0.506 e. The Hall–Kier alpha value is -0.975. The highest BCUT2D eigenvalue weighted by Gasteiger charge is 2.34. The minimum absolute atomic E-state index is 0.00289. The predicted octanol–water partition coefficient (Wildman–Crippen LogP) is 1.26. The van der Waals surface area contributed by atoms with Gasteiger partial charge in [-0.2, -0.15) is 0 Å². The van der Waals surface area contributed by atoms with E-state index in [1.807, 2.05) is 0 Å². The first kappa shape index (κ1) is 11.1. The smallest absolute Gasteiger partial charge is 0.466 e. The average Bonchev–Trinajstić information content (AvgIpc) is 2.15. The number of methoxy groups -OCH3 is 1. The molecule has 0 fully saturated rings. The second kappa shape index (κ2) is 4.04. The van der Waals surface area contributed by atoms with E-state index in [0.717, 1.165) is 7.11 Å². The monoisotopic (exact) mass is 209 g/mol. The summed E-state index contributed by atoms with van der Waals surface area (Å²) in [6.45, 7) is -5.44. The standard InChI is InChI=1S/C7H9BF3O3/c1-13-7(12)5-4-14-3-2-6(5)8(9,10)11/h2-4H2,1H3/q-1. The molecule has 0 aromatic carbocycles. The van der Waals surface area contributed by atoms with E-state index in [0.29, 0.717) is 0 Å². The molecule has 0 saturated heterocycles. The van der Waals surface area contributed by atoms with E-state index in [1.165, 1.54) is 0 Å². The van der Waals surface area contributed by atoms with Gasteiger partial charge in [0.1, 0.15) is 0 Å². The molecule has 0 spiro atoms. The lowest BCUT2D eigenvalue weighted by atomic mass is 9.73. The fourth-order valence-corrected chi connectivity index (χ4v) is 1.27. The molecule has 0 unspecified atom stereocenters. The van der Waals surface area contributed by atoms with Gasteiger partial charge >= 0.3 is 12.9 Å². The summed E-state index contributed by atoms with van der Waals surface area (Å²) >= 11 is 0. The van der Waals surface area contributed by atoms with Crippen molar-refractivity contribution in [3.05, 3.63) is 11.0 Å². The van der Waals surface area contributed by atoms with Gasteiger partial charge in [-0.05, 0) is 6.42 Å². The second-order valence-corrected chi connectivity index (χ2v) is 2.87. The van der Waals surface area contributed by atoms with Gasteiger partial charge in [-0.25, -0.2) is 4.79 Å². The maximum absolute atomic E-state index is 12.4. The molecular formula is C7H9BF3O3-. The number of hydrogen-bond acceptors (Lipinski definition) is 3. The number of halogens is 3. The van der Waals surface area contributed by atoms with Gasteiger partial charge in [-0.1, -0.05) is 0 Å². The van der Waals surface area contributed by atoms with E-state index >= 15 is 0 Å². The molecule has 80 valence electrons. The van der Waals surface area contributed by atoms with Gasteiger partial charge in [-0.3, -0.25) is 0 Å². The lowest BCUT2D eigenvalue weighted by Gasteiger charge is -2.26. The Kier molecular flexibility index (Phi) is 3.20. The third-order valence-electron chi connectivity index (χ3n) is 1.98. The highest BCUT2D eigenvalue weighted by molar-refractivity contribution is 6.67. The van der Waals surface area contributed by atoms with Crippen molar-refractivity contribution in [1.82, 2.24) is 0 Å². The molecule has 7 heteroatoms. The highest BCUT2D eigenvalue weighted by Crippen LogP contribution is 2.29. The van der Waals surface area contributed by atoms with E-state index in [2.05, 4.69) is 4.74 Å². The topological polar surface area (TPSA) is 35.5 Å². The van der Waals surface area contributed by atoms with Gasteiger partial charge in [0.2, 0.25) is 0 Å². The summed E-state index contributed by atoms with van der Waals surface area (Å²) < 4.78 is 46.3. The quantitative estimate of drug-likeness (QED) is 0.507. The van der Waals surface area contributed by atoms with Crippen molar-refractivity contribution in [2.24, 2.45) is 0 Å². The summed E-state index contributed by atoms with van der Waals surface area (Å²) in [7, 11) is 1.05. The van der Waals surface area contributed by atoms with Crippen LogP contribution in [0.1, 0.15) is 6.42 Å². The molecule has 0 aromatic rings. The van der Waals surface area contributed by atoms with Gasteiger partial charge in [0.15, 0.2) is 0 Å². The predicted molar refractivity (Wildman–Crippen MR) is 43.6 cm³/mol. The van der Waals surface area contributed by atoms with Crippen LogP contribution in [0.3, 0.4) is 0 Å². The SMILES string of the molecule is COC(=O)C1=C([B-](F)(F)F)CCOC1. The normalized spacial score (nSPS) is 18.3. The Balaban J connectivity index is 3.03. The number of rotatable bonds is 2. The second-order valence-electron chi connectivity index (χ2n) is 2.87. The molecule has 1 rings (SSSR count). The van der Waals surface area contributed by atoms with Crippen LogP contribution in [0.15, 0.2) is 11.0 Å². The molecule has 14 heavy (non-hydrogen) atoms. The first-order valence-corrected chi connectivity index (χ1v) is 4.04. The van der Waals surface area contributed by atoms with E-state index < -0.39 is 24.0 Å². The number of esters is 1. The van der Waals surface area contributed by atoms with Crippen molar-refractivity contribution < 1.29 is 27.2 Å². The van der Waals surface area contributed by atoms with Gasteiger partial charge in [-0.15, -0.1) is 5.47 Å². The summed E-state index contributed by atoms with van der Waals surface area (Å²) in [6, 6.07) is 0. The number of ether oxygens (including phenoxy) is 2. The van der Waals surface area contributed by atoms with E-state index in [-0.39, 0.29) is 19.6 Å². The van der Waals surface area contributed by atoms with Gasteiger partial charge in [0, 0.05) is 12.2 Å². The lowest BCUT2D eigenvalue weighted by molar-refractivity contribution is -0.137. The number of carbonyl (C=O) groups excluding carboxylic acids is 1. The van der Waals surface area contributed by atoms with Crippen LogP contribution in [0.2, 0.25) is 0 Å². The van der Waals surface area contributed by atoms with Crippen LogP contribution in [-0.2, 0) is 14.3 Å². The Morgan fingerprint density at radius 1 is 1.50 bits per heavy atom. The summed E-state index contributed by atoms with van der Waals surface area (Å²) in [5.74, 6) is -0.959. The molecule has 0 saturated carbocycles. The molecule has 1 aliphatic rings. The van der Waals surface area contributed by atoms with Crippen LogP contribution in [-0.4, -0.2) is 33.3 Å². The van der Waals surface area contributed by atoms with Crippen molar-refractivity contribution in [1.29, 1.82) is 0 Å². The summed E-state index contributed by atoms with van der Waals surface area (Å²) in [6.07, 6.45) is -0.270. The van der Waals surface area contributed by atoms with Crippen molar-refractivity contribution in [2.45, 2.75) is 6.42 Å². The van der Waals surface area contributed by atoms with E-state index in [1.54, 1.807) is 0 Å². The van der Waals surface area contributed by atoms with Crippen LogP contribution in [0.4, 0.5) is 12.9 Å². The first-order valence-electron chi connectivity index (χ1n) is 4.04. The van der Waals surface area contributed by atoms with Crippen LogP contribution >= 0.6 is 0 Å². The molecule has 1 heterocycles. The first-order chi connectivity index (χ1) is 6.46. The van der Waals surface area contributed by atoms with Crippen molar-refractivity contribution in [3.63, 3.8) is 0 Å². The zero-order valence-electron chi connectivity index (χ0n) is 7.56. The molecule has 0 radical (unpaired) electrons. The zero-order valence-corrected chi connectivity index (χ0v) is 7.56. The third kappa shape index (κ3) is 2.28. The summed E-state index contributed by atoms with van der Waals surface area (Å²) in [5.41, 5.74) is -1.17. The maximum Gasteiger partial charge on any atom is 0.506 e. The molecule has 0 amide bonds. The van der Waals surface area contributed by atoms with E-state index in [9.17, 15) is 17.7 Å². The van der Waals surface area contributed by atoms with Gasteiger partial charge in [0.05, 0.1) is 13.7 Å². The molecule has 0 aliphatic carbocycles. The number of hydrogen-bond donors (Lipinski definition) is 0. The Labute approximate surface area is 78.9 Å². The Morgan fingerprint density at radius 2 is 2.14 bits per heavy atom. The molecule has 0 aromatic heterocycles. The molecule has 0 N–H and O–H groups in total. The van der Waals surface area contributed by atoms with Crippen molar-refractivity contribution in [2.75, 3.05) is 20.3 Å². The molecule has 1 aliphatic heterocycles. The molecule has 3 nitrogen and oxygen atoms in total. The van der Waals surface area contributed by atoms with Gasteiger partial charge < -0.3 is 22.4 Å². The van der Waals surface area contributed by atoms with Crippen LogP contribution in [0.5, 0.6) is 0 Å². The fourth-order valence-electron chi connectivity index (χ4n) is 1.27. The van der Waals surface area contributed by atoms with Crippen LogP contribution in [0.25, 0.3) is 0 Å². The highest BCUT2D eigenvalue weighted by atomic mass is 19.4. The zero-order chi connectivity index (χ0) is 10.8. The summed E-state index contributed by atoms with van der Waals surface area (Å²) in [5, 5.41) is 0. The van der Waals surface area contributed by atoms with Crippen molar-refractivity contribution >= 4 is 12.9 Å². The molecular weight excluding hydrogens is 200 g/mol. The number of carbonyl (C=O) groups is 1. The Morgan fingerprint density at radius 3 is 2.64 bits per heavy atom. The maximum atomic E-state index is 12.4. The lowest BCUT2D eigenvalue weighted by Crippen LogP contribution is -2.30. The van der Waals surface area contributed by atoms with Crippen LogP contribution < -0.4 is 0 Å². The summed E-state index contributed by atoms with van der Waals surface area (Å²) in [4.78, 5) is 11.0. The minimum atomic E-state index is -5.12. The Bertz CT molecular complexity index is 272. The minimum Gasteiger partial charge on any atom is -0.466 e. The van der Waals surface area contributed by atoms with Gasteiger partial charge in [0.25, 0.3) is 0 Å². The third-order valence-corrected chi connectivity index (χ3v) is 1.98.